The molecule has 1 atom stereocenters. The SMILES string of the molecule is COc1ccc(C)cc1C(Cc1ccc(Br)cc1Cl)NN. The molecule has 0 heterocycles. The van der Waals surface area contributed by atoms with Crippen molar-refractivity contribution in [1.29, 1.82) is 0 Å². The zero-order valence-electron chi connectivity index (χ0n) is 12.0. The molecule has 0 aliphatic carbocycles. The van der Waals surface area contributed by atoms with Crippen LogP contribution in [0.25, 0.3) is 0 Å². The Bertz CT molecular complexity index is 634. The van der Waals surface area contributed by atoms with Crippen molar-refractivity contribution < 1.29 is 4.74 Å². The number of benzene rings is 2. The van der Waals surface area contributed by atoms with E-state index in [1.807, 2.05) is 37.3 Å². The summed E-state index contributed by atoms with van der Waals surface area (Å²) in [5.41, 5.74) is 6.08. The van der Waals surface area contributed by atoms with Crippen molar-refractivity contribution in [2.75, 3.05) is 7.11 Å². The van der Waals surface area contributed by atoms with E-state index >= 15 is 0 Å². The molecule has 0 amide bonds. The lowest BCUT2D eigenvalue weighted by atomic mass is 9.97. The van der Waals surface area contributed by atoms with E-state index < -0.39 is 0 Å². The van der Waals surface area contributed by atoms with Crippen molar-refractivity contribution in [1.82, 2.24) is 5.43 Å². The second-order valence-corrected chi connectivity index (χ2v) is 6.23. The van der Waals surface area contributed by atoms with E-state index in [2.05, 4.69) is 27.4 Å². The minimum absolute atomic E-state index is 0.0708. The van der Waals surface area contributed by atoms with Crippen LogP contribution in [-0.2, 0) is 6.42 Å². The lowest BCUT2D eigenvalue weighted by Crippen LogP contribution is -2.30. The largest absolute Gasteiger partial charge is 0.496 e. The van der Waals surface area contributed by atoms with Gasteiger partial charge in [-0.2, -0.15) is 0 Å². The predicted octanol–water partition coefficient (Wildman–Crippen LogP) is 4.17. The molecule has 21 heavy (non-hydrogen) atoms. The van der Waals surface area contributed by atoms with Crippen LogP contribution in [0.15, 0.2) is 40.9 Å². The quantitative estimate of drug-likeness (QED) is 0.614. The molecule has 3 N–H and O–H groups in total. The number of nitrogens with two attached hydrogens (primary N) is 1. The van der Waals surface area contributed by atoms with Gasteiger partial charge in [0.2, 0.25) is 0 Å². The van der Waals surface area contributed by atoms with Gasteiger partial charge in [0.15, 0.2) is 0 Å². The molecular weight excluding hydrogens is 352 g/mol. The van der Waals surface area contributed by atoms with E-state index in [4.69, 9.17) is 22.2 Å². The molecule has 0 saturated carbocycles. The molecule has 5 heteroatoms. The summed E-state index contributed by atoms with van der Waals surface area (Å²) in [4.78, 5) is 0. The summed E-state index contributed by atoms with van der Waals surface area (Å²) in [6.07, 6.45) is 0.683. The zero-order valence-corrected chi connectivity index (χ0v) is 14.3. The lowest BCUT2D eigenvalue weighted by Gasteiger charge is -2.20. The predicted molar refractivity (Wildman–Crippen MR) is 90.7 cm³/mol. The number of rotatable bonds is 5. The van der Waals surface area contributed by atoms with Crippen molar-refractivity contribution in [3.63, 3.8) is 0 Å². The fourth-order valence-electron chi connectivity index (χ4n) is 2.29. The van der Waals surface area contributed by atoms with Crippen molar-refractivity contribution in [2.45, 2.75) is 19.4 Å². The van der Waals surface area contributed by atoms with Crippen LogP contribution in [0.3, 0.4) is 0 Å². The Morgan fingerprint density at radius 1 is 1.29 bits per heavy atom. The summed E-state index contributed by atoms with van der Waals surface area (Å²) in [5, 5.41) is 0.719. The molecule has 0 aliphatic rings. The molecule has 0 saturated heterocycles. The van der Waals surface area contributed by atoms with Crippen LogP contribution in [0.1, 0.15) is 22.7 Å². The summed E-state index contributed by atoms with van der Waals surface area (Å²) < 4.78 is 6.39. The third kappa shape index (κ3) is 3.98. The standard InChI is InChI=1S/C16H18BrClN2O/c1-10-3-6-16(21-2)13(7-10)15(20-19)8-11-4-5-12(17)9-14(11)18/h3-7,9,15,20H,8,19H2,1-2H3. The first-order valence-electron chi connectivity index (χ1n) is 6.59. The van der Waals surface area contributed by atoms with Gasteiger partial charge in [0, 0.05) is 15.1 Å². The Hall–Kier alpha value is -1.07. The Labute approximate surface area is 138 Å². The van der Waals surface area contributed by atoms with E-state index in [9.17, 15) is 0 Å². The summed E-state index contributed by atoms with van der Waals surface area (Å²) >= 11 is 9.71. The van der Waals surface area contributed by atoms with E-state index in [1.165, 1.54) is 0 Å². The third-order valence-electron chi connectivity index (χ3n) is 3.40. The molecule has 0 radical (unpaired) electrons. The van der Waals surface area contributed by atoms with Crippen LogP contribution in [0.4, 0.5) is 0 Å². The maximum atomic E-state index is 6.29. The highest BCUT2D eigenvalue weighted by molar-refractivity contribution is 9.10. The van der Waals surface area contributed by atoms with Gasteiger partial charge in [-0.3, -0.25) is 11.3 Å². The molecule has 2 aromatic rings. The molecular formula is C16H18BrClN2O. The Kier molecular flexibility index (Phi) is 5.65. The van der Waals surface area contributed by atoms with Crippen LogP contribution < -0.4 is 16.0 Å². The first kappa shape index (κ1) is 16.3. The van der Waals surface area contributed by atoms with Crippen molar-refractivity contribution in [2.24, 2.45) is 5.84 Å². The van der Waals surface area contributed by atoms with E-state index in [-0.39, 0.29) is 6.04 Å². The molecule has 3 nitrogen and oxygen atoms in total. The van der Waals surface area contributed by atoms with Crippen molar-refractivity contribution in [3.05, 3.63) is 62.6 Å². The number of hydrogen-bond donors (Lipinski definition) is 2. The Morgan fingerprint density at radius 3 is 2.67 bits per heavy atom. The zero-order chi connectivity index (χ0) is 15.4. The second-order valence-electron chi connectivity index (χ2n) is 4.90. The van der Waals surface area contributed by atoms with Gasteiger partial charge in [-0.05, 0) is 37.1 Å². The molecule has 2 aromatic carbocycles. The van der Waals surface area contributed by atoms with Crippen LogP contribution >= 0.6 is 27.5 Å². The Morgan fingerprint density at radius 2 is 2.05 bits per heavy atom. The highest BCUT2D eigenvalue weighted by Crippen LogP contribution is 2.31. The van der Waals surface area contributed by atoms with Gasteiger partial charge in [-0.1, -0.05) is 51.3 Å². The second kappa shape index (κ2) is 7.27. The molecule has 1 unspecified atom stereocenters. The highest BCUT2D eigenvalue weighted by Gasteiger charge is 2.17. The minimum Gasteiger partial charge on any atom is -0.496 e. The normalized spacial score (nSPS) is 12.2. The number of aryl methyl sites for hydroxylation is 1. The number of ether oxygens (including phenoxy) is 1. The fraction of sp³-hybridized carbons (Fsp3) is 0.250. The van der Waals surface area contributed by atoms with Gasteiger partial charge in [-0.25, -0.2) is 0 Å². The molecule has 0 bridgehead atoms. The third-order valence-corrected chi connectivity index (χ3v) is 4.25. The van der Waals surface area contributed by atoms with Gasteiger partial charge in [0.1, 0.15) is 5.75 Å². The van der Waals surface area contributed by atoms with Gasteiger partial charge in [0.25, 0.3) is 0 Å². The summed E-state index contributed by atoms with van der Waals surface area (Å²) in [5.74, 6) is 6.56. The lowest BCUT2D eigenvalue weighted by molar-refractivity contribution is 0.399. The van der Waals surface area contributed by atoms with Crippen LogP contribution in [0.5, 0.6) is 5.75 Å². The first-order valence-corrected chi connectivity index (χ1v) is 7.77. The molecule has 112 valence electrons. The summed E-state index contributed by atoms with van der Waals surface area (Å²) in [6.45, 7) is 2.04. The fourth-order valence-corrected chi connectivity index (χ4v) is 3.04. The van der Waals surface area contributed by atoms with Gasteiger partial charge >= 0.3 is 0 Å². The summed E-state index contributed by atoms with van der Waals surface area (Å²) in [7, 11) is 1.66. The average molecular weight is 370 g/mol. The smallest absolute Gasteiger partial charge is 0.123 e. The first-order chi connectivity index (χ1) is 10.0. The Balaban J connectivity index is 2.34. The monoisotopic (exact) mass is 368 g/mol. The summed E-state index contributed by atoms with van der Waals surface area (Å²) in [6, 6.07) is 11.8. The number of halogens is 2. The maximum absolute atomic E-state index is 6.29. The number of nitrogens with one attached hydrogen (secondary N) is 1. The van der Waals surface area contributed by atoms with E-state index in [0.717, 1.165) is 31.9 Å². The molecule has 0 spiro atoms. The molecule has 2 rings (SSSR count). The maximum Gasteiger partial charge on any atom is 0.123 e. The van der Waals surface area contributed by atoms with Crippen molar-refractivity contribution in [3.8, 4) is 5.75 Å². The topological polar surface area (TPSA) is 47.3 Å². The number of methoxy groups -OCH3 is 1. The van der Waals surface area contributed by atoms with E-state index in [0.29, 0.717) is 6.42 Å². The average Bonchev–Trinajstić information content (AvgIpc) is 2.46. The minimum atomic E-state index is -0.0708. The van der Waals surface area contributed by atoms with Crippen molar-refractivity contribution >= 4 is 27.5 Å². The van der Waals surface area contributed by atoms with Gasteiger partial charge in [0.05, 0.1) is 13.2 Å². The molecule has 0 fully saturated rings. The van der Waals surface area contributed by atoms with Gasteiger partial charge in [-0.15, -0.1) is 0 Å². The van der Waals surface area contributed by atoms with Crippen LogP contribution in [0.2, 0.25) is 5.02 Å². The number of hydrogen-bond acceptors (Lipinski definition) is 3. The molecule has 0 aliphatic heterocycles. The highest BCUT2D eigenvalue weighted by atomic mass is 79.9. The van der Waals surface area contributed by atoms with E-state index in [1.54, 1.807) is 7.11 Å². The molecule has 0 aromatic heterocycles. The van der Waals surface area contributed by atoms with Crippen LogP contribution in [-0.4, -0.2) is 7.11 Å². The van der Waals surface area contributed by atoms with Crippen LogP contribution in [0, 0.1) is 6.92 Å². The van der Waals surface area contributed by atoms with Gasteiger partial charge < -0.3 is 4.74 Å². The number of hydrazine groups is 1.